The number of amides is 8. The van der Waals surface area contributed by atoms with Gasteiger partial charge in [-0.1, -0.05) is 103 Å². The van der Waals surface area contributed by atoms with Gasteiger partial charge in [0, 0.05) is 45.3 Å². The molecule has 0 bridgehead atoms. The van der Waals surface area contributed by atoms with Crippen LogP contribution in [0, 0.1) is 0 Å². The zero-order valence-corrected chi connectivity index (χ0v) is 50.5. The minimum atomic E-state index is -0.671. The van der Waals surface area contributed by atoms with Crippen molar-refractivity contribution in [3.8, 4) is 0 Å². The maximum Gasteiger partial charge on any atom is 0.242 e. The van der Waals surface area contributed by atoms with E-state index in [1.54, 1.807) is 0 Å². The van der Waals surface area contributed by atoms with E-state index in [4.69, 9.17) is 34.4 Å². The molecule has 0 aromatic rings. The Labute approximate surface area is 488 Å². The maximum atomic E-state index is 13.2. The molecule has 0 heterocycles. The van der Waals surface area contributed by atoms with Crippen molar-refractivity contribution in [1.29, 1.82) is 0 Å². The van der Waals surface area contributed by atoms with Crippen LogP contribution in [-0.2, 0) is 38.4 Å². The molecule has 0 aliphatic carbocycles. The predicted octanol–water partition coefficient (Wildman–Crippen LogP) is 5.16. The van der Waals surface area contributed by atoms with E-state index in [1.165, 1.54) is 32.1 Å². The fraction of sp³-hybridized carbons (Fsp3) is 0.867. The van der Waals surface area contributed by atoms with Crippen LogP contribution in [0.25, 0.3) is 0 Å². The second kappa shape index (κ2) is 56.1. The van der Waals surface area contributed by atoms with Gasteiger partial charge >= 0.3 is 0 Å². The first kappa shape index (κ1) is 76.6. The van der Waals surface area contributed by atoms with E-state index in [1.807, 2.05) is 0 Å². The van der Waals surface area contributed by atoms with Crippen LogP contribution in [0.1, 0.15) is 257 Å². The first-order valence-corrected chi connectivity index (χ1v) is 32.1. The highest BCUT2D eigenvalue weighted by molar-refractivity contribution is 5.89. The molecular formula is C60H119N13O8. The second-order valence-electron chi connectivity index (χ2n) is 22.2. The standard InChI is InChI=1S/C60H119N13O8/c61-41-25-13-5-3-1-2-4-9-17-38-54(75)71-50(34-22-27-43-63)58(79)68-47-31-15-7-11-19-40-56(77)73-52(36-24-29-45-65)60(81)69-48-32-16-8-12-20-39-55(76)72-51(35-23-28-44-64)59(80)67-46-30-14-6-10-18-37-53(74)70-49(57(66)78)33-21-26-42-62/h49-52H,1-48,61-65H2,(H2,66,78)(H,67,80)(H,68,79)(H,69,81)(H,70,74)(H,71,75)(H,72,76)(H,73,77)/t49-,50-,51-,52-/m0/s1. The van der Waals surface area contributed by atoms with Crippen molar-refractivity contribution >= 4 is 47.3 Å². The summed E-state index contributed by atoms with van der Waals surface area (Å²) in [6, 6.07) is -2.48. The molecule has 0 spiro atoms. The third kappa shape index (κ3) is 47.7. The molecule has 0 radical (unpaired) electrons. The fourth-order valence-electron chi connectivity index (χ4n) is 9.62. The molecule has 0 unspecified atom stereocenters. The molecule has 8 amide bonds. The van der Waals surface area contributed by atoms with Gasteiger partial charge in [0.25, 0.3) is 0 Å². The summed E-state index contributed by atoms with van der Waals surface area (Å²) in [5.41, 5.74) is 33.6. The Kier molecular flexibility index (Phi) is 53.0. The minimum Gasteiger partial charge on any atom is -0.368 e. The number of primary amides is 1. The Bertz CT molecular complexity index is 1630. The lowest BCUT2D eigenvalue weighted by Gasteiger charge is -2.19. The summed E-state index contributed by atoms with van der Waals surface area (Å²) in [5.74, 6) is -1.66. The van der Waals surface area contributed by atoms with Crippen LogP contribution in [0.3, 0.4) is 0 Å². The van der Waals surface area contributed by atoms with Gasteiger partial charge in [0.2, 0.25) is 47.3 Å². The number of nitrogens with two attached hydrogens (primary N) is 6. The number of carbonyl (C=O) groups is 8. The van der Waals surface area contributed by atoms with Gasteiger partial charge in [-0.25, -0.2) is 0 Å². The van der Waals surface area contributed by atoms with Crippen LogP contribution in [0.15, 0.2) is 0 Å². The molecule has 472 valence electrons. The largest absolute Gasteiger partial charge is 0.368 e. The lowest BCUT2D eigenvalue weighted by Crippen LogP contribution is -2.47. The maximum absolute atomic E-state index is 13.2. The van der Waals surface area contributed by atoms with Crippen LogP contribution in [-0.4, -0.2) is 124 Å². The number of carbonyl (C=O) groups excluding carboxylic acids is 8. The topological polar surface area (TPSA) is 377 Å². The highest BCUT2D eigenvalue weighted by Crippen LogP contribution is 2.13. The molecule has 21 nitrogen and oxygen atoms in total. The fourth-order valence-corrected chi connectivity index (χ4v) is 9.62. The van der Waals surface area contributed by atoms with Gasteiger partial charge in [-0.2, -0.15) is 0 Å². The number of nitrogens with one attached hydrogen (secondary N) is 7. The monoisotopic (exact) mass is 1150 g/mol. The zero-order chi connectivity index (χ0) is 59.8. The summed E-state index contributed by atoms with van der Waals surface area (Å²) < 4.78 is 0. The number of rotatable bonds is 59. The first-order valence-electron chi connectivity index (χ1n) is 32.1. The zero-order valence-electron chi connectivity index (χ0n) is 50.5. The molecule has 19 N–H and O–H groups in total. The van der Waals surface area contributed by atoms with Crippen LogP contribution in [0.2, 0.25) is 0 Å². The molecule has 0 fully saturated rings. The summed E-state index contributed by atoms with van der Waals surface area (Å²) in [5, 5.41) is 20.6. The summed E-state index contributed by atoms with van der Waals surface area (Å²) in [4.78, 5) is 102. The van der Waals surface area contributed by atoms with E-state index in [9.17, 15) is 38.4 Å². The third-order valence-electron chi connectivity index (χ3n) is 14.7. The normalized spacial score (nSPS) is 12.7. The van der Waals surface area contributed by atoms with E-state index < -0.39 is 30.1 Å². The number of hydrogen-bond donors (Lipinski definition) is 13. The van der Waals surface area contributed by atoms with E-state index in [-0.39, 0.29) is 41.4 Å². The molecular weight excluding hydrogens is 1030 g/mol. The molecule has 4 atom stereocenters. The smallest absolute Gasteiger partial charge is 0.242 e. The van der Waals surface area contributed by atoms with Crippen molar-refractivity contribution in [2.75, 3.05) is 52.4 Å². The van der Waals surface area contributed by atoms with Gasteiger partial charge in [-0.15, -0.1) is 0 Å². The van der Waals surface area contributed by atoms with E-state index in [0.717, 1.165) is 161 Å². The Morgan fingerprint density at radius 1 is 0.247 bits per heavy atom. The van der Waals surface area contributed by atoms with Crippen molar-refractivity contribution < 1.29 is 38.4 Å². The summed E-state index contributed by atoms with van der Waals surface area (Å²) >= 11 is 0. The number of unbranched alkanes of at least 4 members (excludes halogenated alkanes) is 24. The third-order valence-corrected chi connectivity index (χ3v) is 14.7. The molecule has 81 heavy (non-hydrogen) atoms. The lowest BCUT2D eigenvalue weighted by molar-refractivity contribution is -0.129. The summed E-state index contributed by atoms with van der Waals surface area (Å²) in [6.07, 6.45) is 31.9. The highest BCUT2D eigenvalue weighted by Gasteiger charge is 2.23. The summed E-state index contributed by atoms with van der Waals surface area (Å²) in [7, 11) is 0. The van der Waals surface area contributed by atoms with Gasteiger partial charge in [0.1, 0.15) is 24.2 Å². The minimum absolute atomic E-state index is 0.0768. The van der Waals surface area contributed by atoms with Gasteiger partial charge in [0.05, 0.1) is 0 Å². The SMILES string of the molecule is NCCCCCCCCCCCC(=O)N[C@@H](CCCCN)C(=O)NCCCCCCCC(=O)N[C@@H](CCCCN)C(=O)NCCCCCCCC(=O)N[C@@H](CCCCN)C(=O)NCCCCCCCC(=O)N[C@@H](CCCCN)C(N)=O. The van der Waals surface area contributed by atoms with Crippen LogP contribution < -0.4 is 71.6 Å². The first-order chi connectivity index (χ1) is 39.3. The molecule has 0 aromatic carbocycles. The van der Waals surface area contributed by atoms with Crippen molar-refractivity contribution in [1.82, 2.24) is 37.2 Å². The Morgan fingerprint density at radius 3 is 0.691 bits per heavy atom. The molecule has 0 rings (SSSR count). The quantitative estimate of drug-likeness (QED) is 0.0351. The Hall–Kier alpha value is -4.44. The van der Waals surface area contributed by atoms with Crippen molar-refractivity contribution in [3.05, 3.63) is 0 Å². The lowest BCUT2D eigenvalue weighted by atomic mass is 10.1. The Balaban J connectivity index is 4.47. The predicted molar refractivity (Wildman–Crippen MR) is 326 cm³/mol. The molecule has 21 heteroatoms. The van der Waals surface area contributed by atoms with Crippen molar-refractivity contribution in [2.24, 2.45) is 34.4 Å². The van der Waals surface area contributed by atoms with E-state index in [2.05, 4.69) is 37.2 Å². The molecule has 0 aromatic heterocycles. The highest BCUT2D eigenvalue weighted by atomic mass is 16.2. The molecule has 0 saturated heterocycles. The van der Waals surface area contributed by atoms with Crippen LogP contribution >= 0.6 is 0 Å². The van der Waals surface area contributed by atoms with E-state index in [0.29, 0.717) is 116 Å². The van der Waals surface area contributed by atoms with Gasteiger partial charge < -0.3 is 71.6 Å². The van der Waals surface area contributed by atoms with Gasteiger partial charge in [0.15, 0.2) is 0 Å². The van der Waals surface area contributed by atoms with Crippen LogP contribution in [0.4, 0.5) is 0 Å². The molecule has 0 aliphatic heterocycles. The molecule has 0 saturated carbocycles. The van der Waals surface area contributed by atoms with Crippen LogP contribution in [0.5, 0.6) is 0 Å². The van der Waals surface area contributed by atoms with Crippen molar-refractivity contribution in [2.45, 2.75) is 281 Å². The number of hydrogen-bond acceptors (Lipinski definition) is 13. The molecule has 0 aliphatic rings. The van der Waals surface area contributed by atoms with Gasteiger partial charge in [-0.05, 0) is 161 Å². The Morgan fingerprint density at radius 2 is 0.444 bits per heavy atom. The second-order valence-corrected chi connectivity index (χ2v) is 22.2. The average Bonchev–Trinajstić information content (AvgIpc) is 3.44. The summed E-state index contributed by atoms with van der Waals surface area (Å²) in [6.45, 7) is 4.35. The van der Waals surface area contributed by atoms with Crippen molar-refractivity contribution in [3.63, 3.8) is 0 Å². The van der Waals surface area contributed by atoms with Gasteiger partial charge in [-0.3, -0.25) is 38.4 Å². The average molecular weight is 1150 g/mol. The van der Waals surface area contributed by atoms with E-state index >= 15 is 0 Å².